The number of pyridine rings is 1. The zero-order chi connectivity index (χ0) is 21.4. The molecule has 1 aromatic carbocycles. The molecule has 0 spiro atoms. The van der Waals surface area contributed by atoms with Gasteiger partial charge in [-0.15, -0.1) is 0 Å². The van der Waals surface area contributed by atoms with Crippen LogP contribution < -0.4 is 15.0 Å². The van der Waals surface area contributed by atoms with Crippen LogP contribution in [0.2, 0.25) is 5.02 Å². The minimum Gasteiger partial charge on any atom is -0.435 e. The molecule has 3 heterocycles. The number of carbonyl (C=O) groups excluding carboxylic acids is 2. The minimum atomic E-state index is -0.689. The first-order valence-electron chi connectivity index (χ1n) is 9.41. The van der Waals surface area contributed by atoms with Crippen LogP contribution in [0.15, 0.2) is 30.5 Å². The number of nitrogens with zero attached hydrogens (tertiary/aromatic N) is 3. The lowest BCUT2D eigenvalue weighted by Crippen LogP contribution is -2.38. The Hall–Kier alpha value is -2.78. The number of hydrogen-bond acceptors (Lipinski definition) is 5. The fourth-order valence-electron chi connectivity index (χ4n) is 3.64. The van der Waals surface area contributed by atoms with E-state index in [4.69, 9.17) is 28.6 Å². The van der Waals surface area contributed by atoms with Gasteiger partial charge in [0, 0.05) is 25.7 Å². The average Bonchev–Trinajstić information content (AvgIpc) is 2.96. The van der Waals surface area contributed by atoms with E-state index in [-0.39, 0.29) is 45.3 Å². The molecule has 2 aliphatic rings. The van der Waals surface area contributed by atoms with Crippen LogP contribution in [0.1, 0.15) is 26.2 Å². The normalized spacial score (nSPS) is 18.4. The predicted octanol–water partition coefficient (Wildman–Crippen LogP) is 4.11. The van der Waals surface area contributed by atoms with E-state index in [1.54, 1.807) is 12.1 Å². The lowest BCUT2D eigenvalue weighted by molar-refractivity contribution is -0.120. The highest BCUT2D eigenvalue weighted by molar-refractivity contribution is 7.80. The van der Waals surface area contributed by atoms with Crippen LogP contribution in [0, 0.1) is 5.82 Å². The molecule has 0 radical (unpaired) electrons. The van der Waals surface area contributed by atoms with Crippen LogP contribution in [0.5, 0.6) is 11.6 Å². The summed E-state index contributed by atoms with van der Waals surface area (Å²) in [5.74, 6) is -1.09. The highest BCUT2D eigenvalue weighted by Crippen LogP contribution is 2.39. The van der Waals surface area contributed by atoms with E-state index in [0.29, 0.717) is 18.7 Å². The van der Waals surface area contributed by atoms with Gasteiger partial charge in [-0.2, -0.15) is 0 Å². The molecule has 2 aromatic rings. The zero-order valence-electron chi connectivity index (χ0n) is 16.0. The Morgan fingerprint density at radius 2 is 2.20 bits per heavy atom. The van der Waals surface area contributed by atoms with Crippen molar-refractivity contribution >= 4 is 52.1 Å². The molecular formula is C20H18ClFN4O3S. The molecule has 2 amide bonds. The van der Waals surface area contributed by atoms with E-state index < -0.39 is 5.82 Å². The molecule has 1 atom stereocenters. The first-order chi connectivity index (χ1) is 14.4. The fourth-order valence-corrected chi connectivity index (χ4v) is 4.24. The number of nitrogens with one attached hydrogen (secondary N) is 1. The van der Waals surface area contributed by atoms with E-state index in [1.807, 2.05) is 4.90 Å². The van der Waals surface area contributed by atoms with Gasteiger partial charge in [-0.3, -0.25) is 14.5 Å². The van der Waals surface area contributed by atoms with Crippen LogP contribution in [-0.4, -0.2) is 39.4 Å². The molecule has 0 saturated carbocycles. The highest BCUT2D eigenvalue weighted by Gasteiger charge is 2.45. The summed E-state index contributed by atoms with van der Waals surface area (Å²) in [5, 5.41) is 2.87. The summed E-state index contributed by atoms with van der Waals surface area (Å²) in [6.45, 7) is 2.02. The number of benzene rings is 1. The van der Waals surface area contributed by atoms with Crippen molar-refractivity contribution in [3.8, 4) is 11.6 Å². The maximum Gasteiger partial charge on any atom is 0.256 e. The van der Waals surface area contributed by atoms with Crippen molar-refractivity contribution in [2.24, 2.45) is 0 Å². The zero-order valence-corrected chi connectivity index (χ0v) is 17.6. The number of aromatic nitrogens is 1. The van der Waals surface area contributed by atoms with Crippen LogP contribution in [0.25, 0.3) is 0 Å². The second kappa shape index (κ2) is 8.16. The van der Waals surface area contributed by atoms with Crippen molar-refractivity contribution in [3.05, 3.63) is 41.3 Å². The van der Waals surface area contributed by atoms with E-state index >= 15 is 0 Å². The number of rotatable bonds is 4. The number of hydrogen-bond donors (Lipinski definition) is 1. The smallest absolute Gasteiger partial charge is 0.256 e. The van der Waals surface area contributed by atoms with Crippen molar-refractivity contribution in [2.75, 3.05) is 16.8 Å². The summed E-state index contributed by atoms with van der Waals surface area (Å²) in [6.07, 6.45) is 4.02. The van der Waals surface area contributed by atoms with Crippen molar-refractivity contribution < 1.29 is 18.7 Å². The maximum absolute atomic E-state index is 14.8. The number of piperidine rings is 1. The average molecular weight is 449 g/mol. The number of amides is 2. The number of thiocarbonyl (C=S) groups is 1. The standard InChI is InChI=1S/C20H18ClFN4O3S/c1-11(27)24-14-5-4-7-23-18(14)29-17-10-16(13(22)9-12(17)21)26-19(28)15-6-2-3-8-25(15)20(26)30/h4-5,7,9-10,15H,2-3,6,8H2,1H3,(H,24,27). The van der Waals surface area contributed by atoms with Crippen molar-refractivity contribution in [1.29, 1.82) is 0 Å². The first kappa shape index (κ1) is 20.5. The lowest BCUT2D eigenvalue weighted by atomic mass is 10.0. The Morgan fingerprint density at radius 3 is 2.93 bits per heavy atom. The molecule has 1 aromatic heterocycles. The van der Waals surface area contributed by atoms with Gasteiger partial charge in [-0.05, 0) is 49.7 Å². The molecule has 156 valence electrons. The minimum absolute atomic E-state index is 0.00837. The van der Waals surface area contributed by atoms with E-state index in [2.05, 4.69) is 10.3 Å². The Labute approximate surface area is 182 Å². The van der Waals surface area contributed by atoms with Crippen molar-refractivity contribution in [1.82, 2.24) is 9.88 Å². The Kier molecular flexibility index (Phi) is 5.57. The first-order valence-corrected chi connectivity index (χ1v) is 10.2. The Morgan fingerprint density at radius 1 is 1.40 bits per heavy atom. The predicted molar refractivity (Wildman–Crippen MR) is 114 cm³/mol. The third-order valence-electron chi connectivity index (χ3n) is 4.98. The third-order valence-corrected chi connectivity index (χ3v) is 5.69. The maximum atomic E-state index is 14.8. The fraction of sp³-hybridized carbons (Fsp3) is 0.300. The number of anilines is 2. The summed E-state index contributed by atoms with van der Waals surface area (Å²) < 4.78 is 20.6. The summed E-state index contributed by atoms with van der Waals surface area (Å²) in [7, 11) is 0. The van der Waals surface area contributed by atoms with Crippen molar-refractivity contribution in [3.63, 3.8) is 0 Å². The van der Waals surface area contributed by atoms with Gasteiger partial charge < -0.3 is 15.0 Å². The lowest BCUT2D eigenvalue weighted by Gasteiger charge is -2.27. The molecule has 0 bridgehead atoms. The topological polar surface area (TPSA) is 74.8 Å². The number of carbonyl (C=O) groups is 2. The van der Waals surface area contributed by atoms with E-state index in [1.165, 1.54) is 24.1 Å². The Bertz CT molecular complexity index is 1030. The van der Waals surface area contributed by atoms with Gasteiger partial charge in [-0.25, -0.2) is 9.37 Å². The second-order valence-electron chi connectivity index (χ2n) is 7.03. The van der Waals surface area contributed by atoms with Gasteiger partial charge in [0.15, 0.2) is 5.11 Å². The number of halogens is 2. The van der Waals surface area contributed by atoms with Crippen LogP contribution in [0.3, 0.4) is 0 Å². The molecule has 1 unspecified atom stereocenters. The molecular weight excluding hydrogens is 431 g/mol. The van der Waals surface area contributed by atoms with E-state index in [9.17, 15) is 14.0 Å². The third kappa shape index (κ3) is 3.70. The van der Waals surface area contributed by atoms with Gasteiger partial charge >= 0.3 is 0 Å². The largest absolute Gasteiger partial charge is 0.435 e. The van der Waals surface area contributed by atoms with Gasteiger partial charge in [0.25, 0.3) is 5.91 Å². The van der Waals surface area contributed by atoms with Crippen LogP contribution >= 0.6 is 23.8 Å². The molecule has 7 nitrogen and oxygen atoms in total. The second-order valence-corrected chi connectivity index (χ2v) is 7.81. The number of ether oxygens (including phenoxy) is 1. The molecule has 0 aliphatic carbocycles. The molecule has 1 N–H and O–H groups in total. The monoisotopic (exact) mass is 448 g/mol. The molecule has 2 saturated heterocycles. The highest BCUT2D eigenvalue weighted by atomic mass is 35.5. The molecule has 4 rings (SSSR count). The molecule has 2 aliphatic heterocycles. The molecule has 10 heteroatoms. The van der Waals surface area contributed by atoms with Gasteiger partial charge in [0.05, 0.1) is 10.7 Å². The molecule has 2 fully saturated rings. The van der Waals surface area contributed by atoms with Gasteiger partial charge in [0.1, 0.15) is 23.3 Å². The quantitative estimate of drug-likeness (QED) is 0.709. The Balaban J connectivity index is 1.70. The van der Waals surface area contributed by atoms with Crippen LogP contribution in [0.4, 0.5) is 15.8 Å². The summed E-state index contributed by atoms with van der Waals surface area (Å²) in [5.41, 5.74) is 0.299. The summed E-state index contributed by atoms with van der Waals surface area (Å²) in [4.78, 5) is 31.5. The summed E-state index contributed by atoms with van der Waals surface area (Å²) >= 11 is 11.6. The summed E-state index contributed by atoms with van der Waals surface area (Å²) in [6, 6.07) is 5.27. The van der Waals surface area contributed by atoms with Crippen molar-refractivity contribution in [2.45, 2.75) is 32.2 Å². The van der Waals surface area contributed by atoms with Gasteiger partial charge in [-0.1, -0.05) is 11.6 Å². The van der Waals surface area contributed by atoms with E-state index in [0.717, 1.165) is 18.9 Å². The van der Waals surface area contributed by atoms with Crippen LogP contribution in [-0.2, 0) is 9.59 Å². The SMILES string of the molecule is CC(=O)Nc1cccnc1Oc1cc(N2C(=O)C3CCCCN3C2=S)c(F)cc1Cl. The molecule has 30 heavy (non-hydrogen) atoms. The number of fused-ring (bicyclic) bond motifs is 1. The van der Waals surface area contributed by atoms with Gasteiger partial charge in [0.2, 0.25) is 11.8 Å².